The van der Waals surface area contributed by atoms with Gasteiger partial charge in [0.25, 0.3) is 0 Å². The van der Waals surface area contributed by atoms with Crippen molar-refractivity contribution >= 4 is 23.3 Å². The number of rotatable bonds is 5. The van der Waals surface area contributed by atoms with Gasteiger partial charge in [-0.25, -0.2) is 4.98 Å². The summed E-state index contributed by atoms with van der Waals surface area (Å²) in [7, 11) is 0. The van der Waals surface area contributed by atoms with E-state index in [9.17, 15) is 4.79 Å². The average molecular weight is 331 g/mol. The minimum Gasteiger partial charge on any atom is -0.352 e. The highest BCUT2D eigenvalue weighted by atomic mass is 32.2. The van der Waals surface area contributed by atoms with Gasteiger partial charge in [0.1, 0.15) is 5.65 Å². The normalized spacial score (nSPS) is 21.5. The van der Waals surface area contributed by atoms with Crippen molar-refractivity contribution in [3.8, 4) is 0 Å². The molecule has 1 aliphatic rings. The summed E-state index contributed by atoms with van der Waals surface area (Å²) in [5, 5.41) is 3.20. The summed E-state index contributed by atoms with van der Waals surface area (Å²) >= 11 is 1.64. The van der Waals surface area contributed by atoms with E-state index in [1.807, 2.05) is 6.07 Å². The maximum Gasteiger partial charge on any atom is 0.230 e. The molecule has 0 aliphatic heterocycles. The van der Waals surface area contributed by atoms with Gasteiger partial charge in [0.2, 0.25) is 5.91 Å². The summed E-state index contributed by atoms with van der Waals surface area (Å²) in [5.74, 6) is 2.05. The molecule has 2 atom stereocenters. The molecule has 1 aliphatic carbocycles. The number of carbonyl (C=O) groups is 1. The summed E-state index contributed by atoms with van der Waals surface area (Å²) < 4.78 is 2.05. The van der Waals surface area contributed by atoms with Crippen molar-refractivity contribution in [2.24, 2.45) is 5.92 Å². The smallest absolute Gasteiger partial charge is 0.230 e. The third kappa shape index (κ3) is 4.28. The van der Waals surface area contributed by atoms with E-state index in [0.717, 1.165) is 23.5 Å². The summed E-state index contributed by atoms with van der Waals surface area (Å²) in [5.41, 5.74) is 3.21. The van der Waals surface area contributed by atoms with Crippen LogP contribution in [0.2, 0.25) is 0 Å². The summed E-state index contributed by atoms with van der Waals surface area (Å²) in [6.07, 6.45) is 9.03. The summed E-state index contributed by atoms with van der Waals surface area (Å²) in [4.78, 5) is 16.7. The summed E-state index contributed by atoms with van der Waals surface area (Å²) in [6, 6.07) is 4.47. The lowest BCUT2D eigenvalue weighted by molar-refractivity contribution is -0.119. The number of imidazole rings is 1. The van der Waals surface area contributed by atoms with Gasteiger partial charge < -0.3 is 9.72 Å². The van der Waals surface area contributed by atoms with Crippen molar-refractivity contribution in [1.82, 2.24) is 14.7 Å². The maximum atomic E-state index is 12.1. The van der Waals surface area contributed by atoms with Crippen LogP contribution in [0.25, 0.3) is 5.65 Å². The largest absolute Gasteiger partial charge is 0.352 e. The van der Waals surface area contributed by atoms with Gasteiger partial charge >= 0.3 is 0 Å². The molecule has 0 spiro atoms. The van der Waals surface area contributed by atoms with Crippen LogP contribution in [-0.4, -0.2) is 27.1 Å². The van der Waals surface area contributed by atoms with Gasteiger partial charge in [0.15, 0.2) is 0 Å². The van der Waals surface area contributed by atoms with E-state index in [1.54, 1.807) is 11.8 Å². The lowest BCUT2D eigenvalue weighted by atomic mass is 9.86. The SMILES string of the molecule is Cc1ccc2nc(CSCC(=O)NC3CCCCC3C)cn2c1. The maximum absolute atomic E-state index is 12.1. The highest BCUT2D eigenvalue weighted by Crippen LogP contribution is 2.23. The van der Waals surface area contributed by atoms with E-state index < -0.39 is 0 Å². The molecule has 1 N–H and O–H groups in total. The topological polar surface area (TPSA) is 46.4 Å². The Kier molecular flexibility index (Phi) is 5.26. The Hall–Kier alpha value is -1.49. The number of hydrogen-bond donors (Lipinski definition) is 1. The van der Waals surface area contributed by atoms with Crippen LogP contribution >= 0.6 is 11.8 Å². The quantitative estimate of drug-likeness (QED) is 0.911. The van der Waals surface area contributed by atoms with Gasteiger partial charge in [-0.1, -0.05) is 25.8 Å². The van der Waals surface area contributed by atoms with E-state index in [-0.39, 0.29) is 5.91 Å². The first kappa shape index (κ1) is 16.4. The van der Waals surface area contributed by atoms with Gasteiger partial charge in [0, 0.05) is 24.2 Å². The molecule has 3 rings (SSSR count). The molecule has 1 amide bonds. The molecule has 0 saturated heterocycles. The summed E-state index contributed by atoms with van der Waals surface area (Å²) in [6.45, 7) is 4.32. The predicted molar refractivity (Wildman–Crippen MR) is 95.7 cm³/mol. The molecule has 0 radical (unpaired) electrons. The molecule has 1 saturated carbocycles. The Morgan fingerprint density at radius 1 is 1.35 bits per heavy atom. The fourth-order valence-electron chi connectivity index (χ4n) is 3.25. The van der Waals surface area contributed by atoms with E-state index >= 15 is 0 Å². The zero-order valence-electron chi connectivity index (χ0n) is 13.9. The third-order valence-electron chi connectivity index (χ3n) is 4.59. The molecule has 23 heavy (non-hydrogen) atoms. The van der Waals surface area contributed by atoms with Crippen LogP contribution in [0.1, 0.15) is 43.9 Å². The monoisotopic (exact) mass is 331 g/mol. The molecule has 0 aromatic carbocycles. The first-order valence-corrected chi connectivity index (χ1v) is 9.58. The number of pyridine rings is 1. The van der Waals surface area contributed by atoms with Crippen molar-refractivity contribution in [1.29, 1.82) is 0 Å². The Labute approximate surface area is 142 Å². The number of amides is 1. The number of hydrogen-bond acceptors (Lipinski definition) is 3. The van der Waals surface area contributed by atoms with Gasteiger partial charge in [0.05, 0.1) is 11.4 Å². The number of thioether (sulfide) groups is 1. The van der Waals surface area contributed by atoms with Crippen LogP contribution < -0.4 is 5.32 Å². The van der Waals surface area contributed by atoms with E-state index in [4.69, 9.17) is 0 Å². The van der Waals surface area contributed by atoms with Gasteiger partial charge in [-0.3, -0.25) is 4.79 Å². The van der Waals surface area contributed by atoms with Crippen molar-refractivity contribution < 1.29 is 4.79 Å². The molecular formula is C18H25N3OS. The second kappa shape index (κ2) is 7.39. The molecular weight excluding hydrogens is 306 g/mol. The minimum atomic E-state index is 0.161. The van der Waals surface area contributed by atoms with Crippen molar-refractivity contribution in [3.63, 3.8) is 0 Å². The number of aryl methyl sites for hydroxylation is 1. The zero-order valence-corrected chi connectivity index (χ0v) is 14.7. The molecule has 2 heterocycles. The molecule has 2 aromatic rings. The Morgan fingerprint density at radius 3 is 3.00 bits per heavy atom. The molecule has 5 heteroatoms. The first-order chi connectivity index (χ1) is 11.1. The van der Waals surface area contributed by atoms with Crippen molar-refractivity contribution in [3.05, 3.63) is 35.8 Å². The highest BCUT2D eigenvalue weighted by Gasteiger charge is 2.22. The fraction of sp³-hybridized carbons (Fsp3) is 0.556. The van der Waals surface area contributed by atoms with Gasteiger partial charge in [-0.2, -0.15) is 0 Å². The Morgan fingerprint density at radius 2 is 2.17 bits per heavy atom. The molecule has 4 nitrogen and oxygen atoms in total. The highest BCUT2D eigenvalue weighted by molar-refractivity contribution is 7.99. The second-order valence-electron chi connectivity index (χ2n) is 6.63. The molecule has 124 valence electrons. The van der Waals surface area contributed by atoms with E-state index in [2.05, 4.69) is 47.0 Å². The number of nitrogens with zero attached hydrogens (tertiary/aromatic N) is 2. The fourth-order valence-corrected chi connectivity index (χ4v) is 3.97. The Bertz CT molecular complexity index is 682. The number of carbonyl (C=O) groups excluding carboxylic acids is 1. The van der Waals surface area contributed by atoms with Gasteiger partial charge in [-0.05, 0) is 37.3 Å². The Balaban J connectivity index is 1.47. The number of nitrogens with one attached hydrogen (secondary N) is 1. The van der Waals surface area contributed by atoms with Crippen LogP contribution in [0.15, 0.2) is 24.5 Å². The van der Waals surface area contributed by atoms with Crippen molar-refractivity contribution in [2.45, 2.75) is 51.3 Å². The van der Waals surface area contributed by atoms with E-state index in [1.165, 1.54) is 24.8 Å². The molecule has 0 bridgehead atoms. The minimum absolute atomic E-state index is 0.161. The predicted octanol–water partition coefficient (Wildman–Crippen LogP) is 3.57. The zero-order chi connectivity index (χ0) is 16.2. The van der Waals surface area contributed by atoms with Crippen molar-refractivity contribution in [2.75, 3.05) is 5.75 Å². The van der Waals surface area contributed by atoms with Crippen LogP contribution in [0, 0.1) is 12.8 Å². The van der Waals surface area contributed by atoms with Crippen LogP contribution in [0.4, 0.5) is 0 Å². The lowest BCUT2D eigenvalue weighted by Gasteiger charge is -2.29. The standard InChI is InChI=1S/C18H25N3OS/c1-13-7-8-17-19-15(10-21(17)9-13)11-23-12-18(22)20-16-6-4-3-5-14(16)2/h7-10,14,16H,3-6,11-12H2,1-2H3,(H,20,22). The van der Waals surface area contributed by atoms with E-state index in [0.29, 0.717) is 17.7 Å². The molecule has 2 aromatic heterocycles. The van der Waals surface area contributed by atoms with Crippen LogP contribution in [0.3, 0.4) is 0 Å². The van der Waals surface area contributed by atoms with Crippen LogP contribution in [-0.2, 0) is 10.5 Å². The lowest BCUT2D eigenvalue weighted by Crippen LogP contribution is -2.41. The third-order valence-corrected chi connectivity index (χ3v) is 5.56. The average Bonchev–Trinajstić information content (AvgIpc) is 2.91. The number of aromatic nitrogens is 2. The first-order valence-electron chi connectivity index (χ1n) is 8.43. The second-order valence-corrected chi connectivity index (χ2v) is 7.62. The molecule has 1 fully saturated rings. The number of fused-ring (bicyclic) bond motifs is 1. The van der Waals surface area contributed by atoms with Gasteiger partial charge in [-0.15, -0.1) is 11.8 Å². The van der Waals surface area contributed by atoms with Crippen LogP contribution in [0.5, 0.6) is 0 Å². The molecule has 2 unspecified atom stereocenters.